The molecule has 4 aromatic rings. The highest BCUT2D eigenvalue weighted by atomic mass is 15.3. The molecule has 2 N–H and O–H groups in total. The molecular weight excluding hydrogens is 426 g/mol. The highest BCUT2D eigenvalue weighted by molar-refractivity contribution is 5.94. The van der Waals surface area contributed by atoms with E-state index >= 15 is 0 Å². The lowest BCUT2D eigenvalue weighted by Crippen LogP contribution is -2.44. The number of rotatable bonds is 6. The maximum absolute atomic E-state index is 5.13. The van der Waals surface area contributed by atoms with Gasteiger partial charge in [-0.05, 0) is 50.3 Å². The molecule has 2 fully saturated rings. The van der Waals surface area contributed by atoms with E-state index in [1.807, 2.05) is 35.3 Å². The number of aromatic nitrogens is 6. The van der Waals surface area contributed by atoms with Crippen LogP contribution in [0.4, 0.5) is 17.5 Å². The van der Waals surface area contributed by atoms with Crippen LogP contribution in [0.25, 0.3) is 22.3 Å². The molecule has 0 aromatic carbocycles. The van der Waals surface area contributed by atoms with Crippen molar-refractivity contribution in [3.05, 3.63) is 48.0 Å². The minimum atomic E-state index is 0.579. The lowest BCUT2D eigenvalue weighted by atomic mass is 10.1. The minimum absolute atomic E-state index is 0.579. The minimum Gasteiger partial charge on any atom is -0.353 e. The first-order valence-electron chi connectivity index (χ1n) is 12.1. The molecule has 5 heterocycles. The van der Waals surface area contributed by atoms with Gasteiger partial charge in [0.25, 0.3) is 0 Å². The van der Waals surface area contributed by atoms with Crippen molar-refractivity contribution >= 4 is 28.4 Å². The molecule has 1 saturated carbocycles. The fourth-order valence-corrected chi connectivity index (χ4v) is 4.69. The van der Waals surface area contributed by atoms with Crippen LogP contribution in [-0.4, -0.2) is 55.9 Å². The van der Waals surface area contributed by atoms with E-state index in [2.05, 4.69) is 44.4 Å². The van der Waals surface area contributed by atoms with E-state index in [0.717, 1.165) is 72.3 Å². The summed E-state index contributed by atoms with van der Waals surface area (Å²) >= 11 is 0. The summed E-state index contributed by atoms with van der Waals surface area (Å²) in [4.78, 5) is 21.5. The summed E-state index contributed by atoms with van der Waals surface area (Å²) < 4.78 is 1.96. The highest BCUT2D eigenvalue weighted by Gasteiger charge is 2.29. The number of anilines is 3. The molecule has 2 aliphatic rings. The number of nitrogens with zero attached hydrogens (tertiary/aromatic N) is 7. The normalized spacial score (nSPS) is 16.2. The van der Waals surface area contributed by atoms with Crippen molar-refractivity contribution < 1.29 is 0 Å². The molecule has 4 aromatic heterocycles. The highest BCUT2D eigenvalue weighted by Crippen LogP contribution is 2.44. The van der Waals surface area contributed by atoms with Gasteiger partial charge in [-0.3, -0.25) is 9.67 Å². The van der Waals surface area contributed by atoms with Crippen LogP contribution in [0.1, 0.15) is 36.9 Å². The molecule has 34 heavy (non-hydrogen) atoms. The number of piperazine rings is 1. The maximum Gasteiger partial charge on any atom is 0.162 e. The molecule has 1 saturated heterocycles. The summed E-state index contributed by atoms with van der Waals surface area (Å²) in [6.07, 6.45) is 8.11. The molecule has 0 atom stereocenters. The Morgan fingerprint density at radius 1 is 1.09 bits per heavy atom. The van der Waals surface area contributed by atoms with Crippen LogP contribution in [0.3, 0.4) is 0 Å². The topological polar surface area (TPSA) is 96.7 Å². The smallest absolute Gasteiger partial charge is 0.162 e. The van der Waals surface area contributed by atoms with Gasteiger partial charge in [0.05, 0.1) is 11.7 Å². The largest absolute Gasteiger partial charge is 0.353 e. The van der Waals surface area contributed by atoms with Crippen LogP contribution in [-0.2, 0) is 6.54 Å². The third-order valence-corrected chi connectivity index (χ3v) is 6.61. The van der Waals surface area contributed by atoms with Gasteiger partial charge < -0.3 is 15.5 Å². The van der Waals surface area contributed by atoms with Gasteiger partial charge in [-0.25, -0.2) is 15.0 Å². The fraction of sp³-hybridized carbons (Fsp3) is 0.400. The van der Waals surface area contributed by atoms with Gasteiger partial charge in [0.1, 0.15) is 11.6 Å². The molecule has 0 radical (unpaired) electrons. The number of nitrogens with one attached hydrogen (secondary N) is 2. The third kappa shape index (κ3) is 3.96. The Labute approximate surface area is 198 Å². The Hall–Kier alpha value is -3.59. The predicted molar refractivity (Wildman–Crippen MR) is 134 cm³/mol. The van der Waals surface area contributed by atoms with Crippen LogP contribution in [0.2, 0.25) is 0 Å². The Kier molecular flexibility index (Phi) is 5.33. The summed E-state index contributed by atoms with van der Waals surface area (Å²) in [6.45, 7) is 8.74. The van der Waals surface area contributed by atoms with Crippen molar-refractivity contribution in [2.75, 3.05) is 36.4 Å². The van der Waals surface area contributed by atoms with E-state index in [1.165, 1.54) is 18.4 Å². The first kappa shape index (κ1) is 21.0. The van der Waals surface area contributed by atoms with Crippen LogP contribution in [0.5, 0.6) is 0 Å². The van der Waals surface area contributed by atoms with Gasteiger partial charge >= 0.3 is 0 Å². The molecule has 1 aliphatic heterocycles. The molecule has 9 heteroatoms. The van der Waals surface area contributed by atoms with Crippen LogP contribution >= 0.6 is 0 Å². The van der Waals surface area contributed by atoms with Gasteiger partial charge in [0, 0.05) is 67.8 Å². The van der Waals surface area contributed by atoms with Crippen molar-refractivity contribution in [3.63, 3.8) is 0 Å². The van der Waals surface area contributed by atoms with Crippen molar-refractivity contribution in [1.82, 2.24) is 35.0 Å². The first-order chi connectivity index (χ1) is 16.7. The molecule has 0 spiro atoms. The Morgan fingerprint density at radius 3 is 2.71 bits per heavy atom. The van der Waals surface area contributed by atoms with E-state index in [-0.39, 0.29) is 0 Å². The summed E-state index contributed by atoms with van der Waals surface area (Å²) in [7, 11) is 0. The molecule has 174 valence electrons. The maximum atomic E-state index is 5.13. The second-order valence-corrected chi connectivity index (χ2v) is 9.05. The molecule has 0 amide bonds. The number of hydrogen-bond acceptors (Lipinski definition) is 8. The van der Waals surface area contributed by atoms with E-state index < -0.39 is 0 Å². The monoisotopic (exact) mass is 455 g/mol. The summed E-state index contributed by atoms with van der Waals surface area (Å²) in [5.41, 5.74) is 4.22. The molecular formula is C25H29N9. The van der Waals surface area contributed by atoms with Crippen LogP contribution < -0.4 is 15.5 Å². The molecule has 0 unspecified atom stereocenters. The zero-order valence-corrected chi connectivity index (χ0v) is 19.6. The van der Waals surface area contributed by atoms with E-state index in [9.17, 15) is 0 Å². The number of fused-ring (bicyclic) bond motifs is 1. The Bertz CT molecular complexity index is 1340. The lowest BCUT2D eigenvalue weighted by molar-refractivity contribution is 0.586. The number of hydrogen-bond donors (Lipinski definition) is 2. The van der Waals surface area contributed by atoms with Crippen molar-refractivity contribution in [1.29, 1.82) is 0 Å². The second-order valence-electron chi connectivity index (χ2n) is 9.05. The molecule has 0 bridgehead atoms. The fourth-order valence-electron chi connectivity index (χ4n) is 4.69. The third-order valence-electron chi connectivity index (χ3n) is 6.61. The molecule has 1 aliphatic carbocycles. The van der Waals surface area contributed by atoms with Gasteiger partial charge in [-0.15, -0.1) is 0 Å². The van der Waals surface area contributed by atoms with Gasteiger partial charge in [0.2, 0.25) is 0 Å². The number of pyridine rings is 2. The molecule has 6 rings (SSSR count). The average molecular weight is 456 g/mol. The standard InChI is InChI=1S/C25H29N9/c1-3-34-16(2)12-22(32-34)30-21-13-18(6-7-28-21)24-29-20-15-27-14-19(17-4-5-17)23(20)25(31-24)33-10-8-26-9-11-33/h6-7,12-15,17,26H,3-5,8-11H2,1-2H3,(H,28,30,32). The first-order valence-corrected chi connectivity index (χ1v) is 12.1. The summed E-state index contributed by atoms with van der Waals surface area (Å²) in [5, 5.41) is 12.5. The van der Waals surface area contributed by atoms with Crippen LogP contribution in [0.15, 0.2) is 36.8 Å². The summed E-state index contributed by atoms with van der Waals surface area (Å²) in [5.74, 6) is 3.79. The van der Waals surface area contributed by atoms with Crippen LogP contribution in [0, 0.1) is 6.92 Å². The van der Waals surface area contributed by atoms with Gasteiger partial charge in [-0.1, -0.05) is 0 Å². The zero-order valence-electron chi connectivity index (χ0n) is 19.6. The van der Waals surface area contributed by atoms with E-state index in [4.69, 9.17) is 9.97 Å². The Morgan fingerprint density at radius 2 is 1.94 bits per heavy atom. The zero-order chi connectivity index (χ0) is 23.1. The molecule has 9 nitrogen and oxygen atoms in total. The van der Waals surface area contributed by atoms with Crippen molar-refractivity contribution in [3.8, 4) is 11.4 Å². The van der Waals surface area contributed by atoms with Gasteiger partial charge in [-0.2, -0.15) is 5.10 Å². The van der Waals surface area contributed by atoms with Crippen molar-refractivity contribution in [2.45, 2.75) is 39.2 Å². The lowest BCUT2D eigenvalue weighted by Gasteiger charge is -2.30. The SMILES string of the molecule is CCn1nc(Nc2cc(-c3nc(N4CCNCC4)c4c(C5CC5)cncc4n3)ccn2)cc1C. The number of aryl methyl sites for hydroxylation is 2. The quantitative estimate of drug-likeness (QED) is 0.455. The van der Waals surface area contributed by atoms with E-state index in [1.54, 1.807) is 6.20 Å². The van der Waals surface area contributed by atoms with E-state index in [0.29, 0.717) is 11.7 Å². The Balaban J connectivity index is 1.41. The second kappa shape index (κ2) is 8.64. The average Bonchev–Trinajstić information content (AvgIpc) is 3.66. The predicted octanol–water partition coefficient (Wildman–Crippen LogP) is 3.64. The van der Waals surface area contributed by atoms with Gasteiger partial charge in [0.15, 0.2) is 11.6 Å². The summed E-state index contributed by atoms with van der Waals surface area (Å²) in [6, 6.07) is 5.97. The van der Waals surface area contributed by atoms with Crippen molar-refractivity contribution in [2.24, 2.45) is 0 Å².